The third kappa shape index (κ3) is 4.19. The van der Waals surface area contributed by atoms with Crippen molar-refractivity contribution in [1.82, 2.24) is 14.9 Å². The zero-order chi connectivity index (χ0) is 27.0. The zero-order valence-electron chi connectivity index (χ0n) is 22.0. The summed E-state index contributed by atoms with van der Waals surface area (Å²) in [6.45, 7) is 5.51. The fourth-order valence-electron chi connectivity index (χ4n) is 5.81. The molecule has 0 spiro atoms. The predicted molar refractivity (Wildman–Crippen MR) is 142 cm³/mol. The summed E-state index contributed by atoms with van der Waals surface area (Å²) in [6, 6.07) is 6.82. The van der Waals surface area contributed by atoms with Gasteiger partial charge in [-0.05, 0) is 68.6 Å². The second kappa shape index (κ2) is 10.3. The Labute approximate surface area is 220 Å². The van der Waals surface area contributed by atoms with Crippen LogP contribution < -0.4 is 10.9 Å². The van der Waals surface area contributed by atoms with Gasteiger partial charge in [-0.3, -0.25) is 14.4 Å². The minimum Gasteiger partial charge on any atom is -0.508 e. The van der Waals surface area contributed by atoms with Crippen LogP contribution in [0.15, 0.2) is 29.1 Å². The van der Waals surface area contributed by atoms with E-state index >= 15 is 0 Å². The van der Waals surface area contributed by atoms with Crippen LogP contribution in [0.5, 0.6) is 5.75 Å². The number of phenolic OH excluding ortho intramolecular Hbond substituents is 1. The molecule has 2 aliphatic rings. The lowest BCUT2D eigenvalue weighted by atomic mass is 9.87. The second-order valence-corrected chi connectivity index (χ2v) is 10.0. The molecule has 200 valence electrons. The van der Waals surface area contributed by atoms with Crippen LogP contribution in [0.2, 0.25) is 0 Å². The Balaban J connectivity index is 1.70. The van der Waals surface area contributed by atoms with Gasteiger partial charge in [0.2, 0.25) is 0 Å². The van der Waals surface area contributed by atoms with E-state index in [0.717, 1.165) is 16.5 Å². The first-order valence-corrected chi connectivity index (χ1v) is 13.2. The number of aldehydes is 1. The molecule has 1 atom stereocenters. The molecule has 1 fully saturated rings. The SMILES string of the molecule is CCc1c2c(nc3ccc(O)cc13)-c1cc(C(C=O)(CC)OC(=O)C3CCNCC3)c(COC)c(=O)n1C2. The number of fused-ring (bicyclic) bond motifs is 4. The molecule has 1 aromatic carbocycles. The van der Waals surface area contributed by atoms with Crippen molar-refractivity contribution in [2.75, 3.05) is 20.2 Å². The van der Waals surface area contributed by atoms with Gasteiger partial charge in [0.25, 0.3) is 5.56 Å². The van der Waals surface area contributed by atoms with E-state index in [1.54, 1.807) is 35.8 Å². The molecule has 0 bridgehead atoms. The Morgan fingerprint density at radius 2 is 2.00 bits per heavy atom. The maximum absolute atomic E-state index is 13.9. The number of methoxy groups -OCH3 is 1. The number of nitrogens with one attached hydrogen (secondary N) is 1. The van der Waals surface area contributed by atoms with Crippen molar-refractivity contribution < 1.29 is 24.2 Å². The highest BCUT2D eigenvalue weighted by Gasteiger charge is 2.41. The maximum atomic E-state index is 13.9. The summed E-state index contributed by atoms with van der Waals surface area (Å²) in [5.41, 5.74) is 2.55. The molecule has 2 aromatic heterocycles. The standard InChI is InChI=1S/C29H33N3O6/c1-4-19-20-12-18(34)6-7-24(20)31-26-21(19)14-32-25(26)13-23(22(15-37-3)27(32)35)29(5-2,16-33)38-28(36)17-8-10-30-11-9-17/h6-7,12-13,16-17,30,34H,4-5,8-11,14-15H2,1-3H3. The molecule has 1 unspecified atom stereocenters. The number of benzene rings is 1. The van der Waals surface area contributed by atoms with Gasteiger partial charge in [-0.2, -0.15) is 0 Å². The van der Waals surface area contributed by atoms with Gasteiger partial charge in [0.1, 0.15) is 5.75 Å². The normalized spacial score (nSPS) is 16.6. The van der Waals surface area contributed by atoms with Crippen LogP contribution in [-0.4, -0.2) is 47.1 Å². The fraction of sp³-hybridized carbons (Fsp3) is 0.448. The minimum absolute atomic E-state index is 0.0325. The molecule has 0 radical (unpaired) electrons. The molecule has 2 N–H and O–H groups in total. The van der Waals surface area contributed by atoms with E-state index in [1.807, 2.05) is 6.92 Å². The van der Waals surface area contributed by atoms with Crippen molar-refractivity contribution in [2.45, 2.75) is 58.3 Å². The van der Waals surface area contributed by atoms with E-state index in [1.165, 1.54) is 7.11 Å². The molecule has 9 nitrogen and oxygen atoms in total. The molecule has 2 aliphatic heterocycles. The first kappa shape index (κ1) is 26.1. The van der Waals surface area contributed by atoms with Gasteiger partial charge in [-0.1, -0.05) is 13.8 Å². The van der Waals surface area contributed by atoms with Crippen molar-refractivity contribution in [2.24, 2.45) is 5.92 Å². The van der Waals surface area contributed by atoms with Crippen LogP contribution >= 0.6 is 0 Å². The smallest absolute Gasteiger partial charge is 0.310 e. The Kier molecular flexibility index (Phi) is 7.07. The Hall–Kier alpha value is -3.56. The van der Waals surface area contributed by atoms with Crippen LogP contribution in [0.4, 0.5) is 0 Å². The first-order valence-electron chi connectivity index (χ1n) is 13.2. The monoisotopic (exact) mass is 519 g/mol. The van der Waals surface area contributed by atoms with Crippen LogP contribution in [0, 0.1) is 5.92 Å². The number of aromatic nitrogens is 2. The van der Waals surface area contributed by atoms with Crippen molar-refractivity contribution in [1.29, 1.82) is 0 Å². The quantitative estimate of drug-likeness (QED) is 0.269. The molecule has 3 aromatic rings. The Bertz CT molecular complexity index is 1470. The van der Waals surface area contributed by atoms with Gasteiger partial charge < -0.3 is 24.5 Å². The summed E-state index contributed by atoms with van der Waals surface area (Å²) in [4.78, 5) is 44.7. The Morgan fingerprint density at radius 1 is 1.24 bits per heavy atom. The molecule has 1 saturated heterocycles. The molecule has 9 heteroatoms. The maximum Gasteiger partial charge on any atom is 0.310 e. The van der Waals surface area contributed by atoms with Gasteiger partial charge in [0.05, 0.1) is 41.5 Å². The molecule has 0 saturated carbocycles. The lowest BCUT2D eigenvalue weighted by Crippen LogP contribution is -2.41. The van der Waals surface area contributed by atoms with Crippen molar-refractivity contribution in [3.63, 3.8) is 0 Å². The highest BCUT2D eigenvalue weighted by molar-refractivity contribution is 5.89. The highest BCUT2D eigenvalue weighted by Crippen LogP contribution is 2.40. The van der Waals surface area contributed by atoms with E-state index in [-0.39, 0.29) is 35.8 Å². The molecule has 4 heterocycles. The van der Waals surface area contributed by atoms with Gasteiger partial charge in [0.15, 0.2) is 11.9 Å². The van der Waals surface area contributed by atoms with Crippen LogP contribution in [0.3, 0.4) is 0 Å². The largest absolute Gasteiger partial charge is 0.508 e. The van der Waals surface area contributed by atoms with Crippen LogP contribution in [0.25, 0.3) is 22.3 Å². The summed E-state index contributed by atoms with van der Waals surface area (Å²) in [7, 11) is 1.49. The third-order valence-electron chi connectivity index (χ3n) is 7.92. The predicted octanol–water partition coefficient (Wildman–Crippen LogP) is 3.19. The number of phenols is 1. The number of carbonyl (C=O) groups is 2. The molecule has 5 rings (SSSR count). The molecule has 0 amide bonds. The molecule has 0 aliphatic carbocycles. The molecule has 38 heavy (non-hydrogen) atoms. The summed E-state index contributed by atoms with van der Waals surface area (Å²) in [5.74, 6) is -0.580. The number of rotatable bonds is 8. The number of hydrogen-bond donors (Lipinski definition) is 2. The fourth-order valence-corrected chi connectivity index (χ4v) is 5.81. The molecular weight excluding hydrogens is 486 g/mol. The lowest BCUT2D eigenvalue weighted by molar-refractivity contribution is -0.170. The number of carbonyl (C=O) groups excluding carboxylic acids is 2. The number of piperidine rings is 1. The number of pyridine rings is 2. The van der Waals surface area contributed by atoms with Gasteiger partial charge in [0, 0.05) is 23.6 Å². The third-order valence-corrected chi connectivity index (χ3v) is 7.92. The average molecular weight is 520 g/mol. The Morgan fingerprint density at radius 3 is 2.66 bits per heavy atom. The van der Waals surface area contributed by atoms with Gasteiger partial charge in [-0.15, -0.1) is 0 Å². The van der Waals surface area contributed by atoms with E-state index in [9.17, 15) is 19.5 Å². The summed E-state index contributed by atoms with van der Waals surface area (Å²) in [6.07, 6.45) is 2.77. The van der Waals surface area contributed by atoms with Crippen molar-refractivity contribution in [3.8, 4) is 17.1 Å². The number of aryl methyl sites for hydroxylation is 1. The number of nitrogens with zero attached hydrogens (tertiary/aromatic N) is 2. The van der Waals surface area contributed by atoms with E-state index in [0.29, 0.717) is 67.7 Å². The molecular formula is C29H33N3O6. The van der Waals surface area contributed by atoms with Crippen molar-refractivity contribution in [3.05, 3.63) is 56.9 Å². The van der Waals surface area contributed by atoms with E-state index in [2.05, 4.69) is 5.32 Å². The zero-order valence-corrected chi connectivity index (χ0v) is 22.0. The lowest BCUT2D eigenvalue weighted by Gasteiger charge is -2.32. The topological polar surface area (TPSA) is 120 Å². The van der Waals surface area contributed by atoms with E-state index < -0.39 is 11.6 Å². The number of hydrogen-bond acceptors (Lipinski definition) is 8. The number of esters is 1. The van der Waals surface area contributed by atoms with Gasteiger partial charge in [-0.25, -0.2) is 4.98 Å². The van der Waals surface area contributed by atoms with Gasteiger partial charge >= 0.3 is 5.97 Å². The van der Waals surface area contributed by atoms with E-state index in [4.69, 9.17) is 14.5 Å². The highest BCUT2D eigenvalue weighted by atomic mass is 16.6. The number of aromatic hydroxyl groups is 1. The first-order chi connectivity index (χ1) is 18.4. The second-order valence-electron chi connectivity index (χ2n) is 10.0. The summed E-state index contributed by atoms with van der Waals surface area (Å²) < 4.78 is 13.0. The summed E-state index contributed by atoms with van der Waals surface area (Å²) >= 11 is 0. The van der Waals surface area contributed by atoms with Crippen LogP contribution in [-0.2, 0) is 44.2 Å². The summed E-state index contributed by atoms with van der Waals surface area (Å²) in [5, 5.41) is 14.2. The van der Waals surface area contributed by atoms with Crippen LogP contribution in [0.1, 0.15) is 55.4 Å². The van der Waals surface area contributed by atoms with Crippen molar-refractivity contribution >= 4 is 23.2 Å². The number of ether oxygens (including phenoxy) is 2. The minimum atomic E-state index is -1.62. The average Bonchev–Trinajstić information content (AvgIpc) is 3.31.